The smallest absolute Gasteiger partial charge is 0.242 e. The molecule has 0 spiro atoms. The zero-order valence-corrected chi connectivity index (χ0v) is 11.4. The number of aliphatic hydroxyl groups excluding tert-OH is 1. The van der Waals surface area contributed by atoms with Gasteiger partial charge in [-0.05, 0) is 37.1 Å². The Balaban J connectivity index is 2.13. The molecule has 96 valence electrons. The summed E-state index contributed by atoms with van der Waals surface area (Å²) in [6, 6.07) is 1.52. The van der Waals surface area contributed by atoms with Crippen molar-refractivity contribution in [3.8, 4) is 0 Å². The molecular weight excluding hydrogens is 258 g/mol. The van der Waals surface area contributed by atoms with Crippen LogP contribution in [0, 0.1) is 5.92 Å². The third kappa shape index (κ3) is 2.70. The van der Waals surface area contributed by atoms with Gasteiger partial charge in [0.1, 0.15) is 0 Å². The van der Waals surface area contributed by atoms with Crippen molar-refractivity contribution in [2.75, 3.05) is 0 Å². The van der Waals surface area contributed by atoms with Gasteiger partial charge in [0, 0.05) is 10.9 Å². The van der Waals surface area contributed by atoms with Crippen LogP contribution in [0.4, 0.5) is 0 Å². The molecule has 1 aliphatic carbocycles. The Kier molecular flexibility index (Phi) is 3.87. The van der Waals surface area contributed by atoms with Crippen molar-refractivity contribution in [1.82, 2.24) is 4.72 Å². The van der Waals surface area contributed by atoms with Crippen molar-refractivity contribution in [2.24, 2.45) is 5.92 Å². The molecule has 0 radical (unpaired) electrons. The molecule has 0 aromatic carbocycles. The quantitative estimate of drug-likeness (QED) is 0.859. The normalized spacial score (nSPS) is 18.9. The SMILES string of the molecule is CC(NS(=O)(=O)c1ccsc1CO)C1CCC1. The van der Waals surface area contributed by atoms with E-state index < -0.39 is 10.0 Å². The molecule has 1 saturated carbocycles. The van der Waals surface area contributed by atoms with E-state index in [-0.39, 0.29) is 17.5 Å². The first-order valence-electron chi connectivity index (χ1n) is 5.74. The summed E-state index contributed by atoms with van der Waals surface area (Å²) < 4.78 is 26.9. The van der Waals surface area contributed by atoms with Gasteiger partial charge in [0.25, 0.3) is 0 Å². The number of sulfonamides is 1. The monoisotopic (exact) mass is 275 g/mol. The number of hydrogen-bond acceptors (Lipinski definition) is 4. The summed E-state index contributed by atoms with van der Waals surface area (Å²) in [7, 11) is -3.48. The summed E-state index contributed by atoms with van der Waals surface area (Å²) >= 11 is 1.26. The number of hydrogen-bond donors (Lipinski definition) is 2. The minimum absolute atomic E-state index is 0.0276. The summed E-state index contributed by atoms with van der Waals surface area (Å²) in [4.78, 5) is 0.717. The second-order valence-electron chi connectivity index (χ2n) is 4.47. The van der Waals surface area contributed by atoms with Gasteiger partial charge in [0.2, 0.25) is 10.0 Å². The Labute approximate surface area is 106 Å². The van der Waals surface area contributed by atoms with Crippen LogP contribution < -0.4 is 4.72 Å². The van der Waals surface area contributed by atoms with Gasteiger partial charge >= 0.3 is 0 Å². The minimum Gasteiger partial charge on any atom is -0.391 e. The summed E-state index contributed by atoms with van der Waals surface area (Å²) in [5.74, 6) is 0.459. The average molecular weight is 275 g/mol. The predicted molar refractivity (Wildman–Crippen MR) is 67.4 cm³/mol. The number of nitrogens with one attached hydrogen (secondary N) is 1. The molecule has 1 heterocycles. The molecule has 0 aliphatic heterocycles. The van der Waals surface area contributed by atoms with Gasteiger partial charge in [-0.3, -0.25) is 0 Å². The van der Waals surface area contributed by atoms with E-state index in [1.807, 2.05) is 6.92 Å². The summed E-state index contributed by atoms with van der Waals surface area (Å²) in [6.45, 7) is 1.68. The highest BCUT2D eigenvalue weighted by Crippen LogP contribution is 2.30. The fourth-order valence-electron chi connectivity index (χ4n) is 2.03. The molecule has 0 bridgehead atoms. The maximum atomic E-state index is 12.1. The number of aliphatic hydroxyl groups is 1. The molecule has 1 unspecified atom stereocenters. The Morgan fingerprint density at radius 3 is 2.82 bits per heavy atom. The number of thiophene rings is 1. The summed E-state index contributed by atoms with van der Waals surface area (Å²) in [5, 5.41) is 10.8. The summed E-state index contributed by atoms with van der Waals surface area (Å²) in [5.41, 5.74) is 0. The van der Waals surface area contributed by atoms with E-state index in [4.69, 9.17) is 5.11 Å². The van der Waals surface area contributed by atoms with Gasteiger partial charge < -0.3 is 5.11 Å². The van der Waals surface area contributed by atoms with E-state index in [1.165, 1.54) is 17.8 Å². The van der Waals surface area contributed by atoms with Crippen LogP contribution in [0.25, 0.3) is 0 Å². The first-order valence-corrected chi connectivity index (χ1v) is 8.10. The highest BCUT2D eigenvalue weighted by atomic mass is 32.2. The fraction of sp³-hybridized carbons (Fsp3) is 0.636. The van der Waals surface area contributed by atoms with Crippen LogP contribution >= 0.6 is 11.3 Å². The van der Waals surface area contributed by atoms with Gasteiger partial charge in [-0.2, -0.15) is 0 Å². The van der Waals surface area contributed by atoms with Crippen LogP contribution in [0.2, 0.25) is 0 Å². The maximum absolute atomic E-state index is 12.1. The lowest BCUT2D eigenvalue weighted by molar-refractivity contribution is 0.260. The lowest BCUT2D eigenvalue weighted by Crippen LogP contribution is -2.40. The van der Waals surface area contributed by atoms with Crippen LogP contribution in [0.1, 0.15) is 31.1 Å². The molecule has 1 atom stereocenters. The lowest BCUT2D eigenvalue weighted by atomic mass is 9.81. The van der Waals surface area contributed by atoms with E-state index in [0.717, 1.165) is 12.8 Å². The van der Waals surface area contributed by atoms with Crippen molar-refractivity contribution in [2.45, 2.75) is 43.7 Å². The molecule has 1 aliphatic rings. The second-order valence-corrected chi connectivity index (χ2v) is 7.15. The van der Waals surface area contributed by atoms with Crippen molar-refractivity contribution >= 4 is 21.4 Å². The summed E-state index contributed by atoms with van der Waals surface area (Å²) in [6.07, 6.45) is 3.39. The molecule has 2 N–H and O–H groups in total. The predicted octanol–water partition coefficient (Wildman–Crippen LogP) is 1.71. The van der Waals surface area contributed by atoms with Gasteiger partial charge in [-0.1, -0.05) is 6.42 Å². The zero-order chi connectivity index (χ0) is 12.5. The van der Waals surface area contributed by atoms with Crippen LogP contribution in [0.3, 0.4) is 0 Å². The van der Waals surface area contributed by atoms with Crippen LogP contribution in [-0.4, -0.2) is 19.6 Å². The van der Waals surface area contributed by atoms with Crippen molar-refractivity contribution < 1.29 is 13.5 Å². The van der Waals surface area contributed by atoms with E-state index in [1.54, 1.807) is 11.4 Å². The second kappa shape index (κ2) is 5.06. The Bertz CT molecular complexity index is 477. The van der Waals surface area contributed by atoms with Gasteiger partial charge in [0.05, 0.1) is 11.5 Å². The molecule has 4 nitrogen and oxygen atoms in total. The van der Waals surface area contributed by atoms with Crippen molar-refractivity contribution in [3.63, 3.8) is 0 Å². The third-order valence-electron chi connectivity index (χ3n) is 3.34. The van der Waals surface area contributed by atoms with Gasteiger partial charge in [-0.25, -0.2) is 13.1 Å². The third-order valence-corrected chi connectivity index (χ3v) is 6.01. The lowest BCUT2D eigenvalue weighted by Gasteiger charge is -2.31. The molecule has 1 aromatic heterocycles. The highest BCUT2D eigenvalue weighted by molar-refractivity contribution is 7.89. The fourth-order valence-corrected chi connectivity index (χ4v) is 4.63. The Morgan fingerprint density at radius 1 is 1.59 bits per heavy atom. The molecule has 17 heavy (non-hydrogen) atoms. The van der Waals surface area contributed by atoms with Crippen molar-refractivity contribution in [3.05, 3.63) is 16.3 Å². The first kappa shape index (κ1) is 13.0. The largest absolute Gasteiger partial charge is 0.391 e. The zero-order valence-electron chi connectivity index (χ0n) is 9.72. The Hall–Kier alpha value is -0.430. The van der Waals surface area contributed by atoms with Crippen LogP contribution in [-0.2, 0) is 16.6 Å². The molecule has 6 heteroatoms. The standard InChI is InChI=1S/C11H17NO3S2/c1-8(9-3-2-4-9)12-17(14,15)11-5-6-16-10(11)7-13/h5-6,8-9,12-13H,2-4,7H2,1H3. The molecule has 2 rings (SSSR count). The van der Waals surface area contributed by atoms with E-state index in [9.17, 15) is 8.42 Å². The molecule has 1 aromatic rings. The Morgan fingerprint density at radius 2 is 2.29 bits per heavy atom. The molecule has 1 fully saturated rings. The average Bonchev–Trinajstić information content (AvgIpc) is 2.61. The van der Waals surface area contributed by atoms with Crippen LogP contribution in [0.15, 0.2) is 16.3 Å². The number of rotatable bonds is 5. The van der Waals surface area contributed by atoms with E-state index in [2.05, 4.69) is 4.72 Å². The maximum Gasteiger partial charge on any atom is 0.242 e. The van der Waals surface area contributed by atoms with E-state index >= 15 is 0 Å². The highest BCUT2D eigenvalue weighted by Gasteiger charge is 2.29. The van der Waals surface area contributed by atoms with Gasteiger partial charge in [-0.15, -0.1) is 11.3 Å². The van der Waals surface area contributed by atoms with Gasteiger partial charge in [0.15, 0.2) is 0 Å². The van der Waals surface area contributed by atoms with Crippen LogP contribution in [0.5, 0.6) is 0 Å². The van der Waals surface area contributed by atoms with E-state index in [0.29, 0.717) is 10.8 Å². The molecular formula is C11H17NO3S2. The first-order chi connectivity index (χ1) is 8.04. The molecule has 0 amide bonds. The topological polar surface area (TPSA) is 66.4 Å². The minimum atomic E-state index is -3.48. The van der Waals surface area contributed by atoms with Crippen molar-refractivity contribution in [1.29, 1.82) is 0 Å². The molecule has 0 saturated heterocycles.